The molecule has 1 heterocycles. The summed E-state index contributed by atoms with van der Waals surface area (Å²) in [6, 6.07) is 11.6. The maximum absolute atomic E-state index is 13.1. The molecule has 0 unspecified atom stereocenters. The molecule has 0 bridgehead atoms. The van der Waals surface area contributed by atoms with Crippen LogP contribution in [0.2, 0.25) is 5.02 Å². The second-order valence-electron chi connectivity index (χ2n) is 6.28. The summed E-state index contributed by atoms with van der Waals surface area (Å²) in [5.74, 6) is -1.08. The first-order valence-electron chi connectivity index (χ1n) is 8.32. The van der Waals surface area contributed by atoms with E-state index >= 15 is 0 Å². The number of sulfonamides is 1. The number of nitrogens with zero attached hydrogens (tertiary/aromatic N) is 1. The first-order valence-corrected chi connectivity index (χ1v) is 10.1. The number of hydrogen-bond donors (Lipinski definition) is 0. The Morgan fingerprint density at radius 3 is 2.56 bits per heavy atom. The predicted octanol–water partition coefficient (Wildman–Crippen LogP) is 2.83. The van der Waals surface area contributed by atoms with Gasteiger partial charge in [0, 0.05) is 13.1 Å². The minimum Gasteiger partial charge on any atom is -0.454 e. The maximum Gasteiger partial charge on any atom is 0.338 e. The topological polar surface area (TPSA) is 80.8 Å². The Balaban J connectivity index is 1.89. The first kappa shape index (κ1) is 19.5. The number of carbonyl (C=O) groups excluding carboxylic acids is 2. The number of Topliss-reactive ketones (excluding diaryl/α,β-unsaturated/α-hetero) is 1. The van der Waals surface area contributed by atoms with E-state index in [2.05, 4.69) is 0 Å². The third-order valence-electron chi connectivity index (χ3n) is 4.29. The quantitative estimate of drug-likeness (QED) is 0.712. The van der Waals surface area contributed by atoms with Crippen molar-refractivity contribution in [2.75, 3.05) is 13.2 Å². The number of rotatable bonds is 5. The summed E-state index contributed by atoms with van der Waals surface area (Å²) >= 11 is 6.12. The number of benzene rings is 2. The molecule has 6 nitrogen and oxygen atoms in total. The molecule has 0 radical (unpaired) electrons. The van der Waals surface area contributed by atoms with Gasteiger partial charge < -0.3 is 4.74 Å². The van der Waals surface area contributed by atoms with Gasteiger partial charge in [-0.2, -0.15) is 4.31 Å². The van der Waals surface area contributed by atoms with Crippen molar-refractivity contribution < 1.29 is 22.7 Å². The van der Waals surface area contributed by atoms with E-state index in [0.717, 1.165) is 11.1 Å². The van der Waals surface area contributed by atoms with Crippen LogP contribution in [0, 0.1) is 0 Å². The fourth-order valence-electron chi connectivity index (χ4n) is 2.89. The molecule has 142 valence electrons. The average molecular weight is 408 g/mol. The van der Waals surface area contributed by atoms with Crippen LogP contribution < -0.4 is 0 Å². The number of ether oxygens (including phenoxy) is 1. The summed E-state index contributed by atoms with van der Waals surface area (Å²) < 4.78 is 32.4. The van der Waals surface area contributed by atoms with Gasteiger partial charge in [0.25, 0.3) is 0 Å². The molecule has 1 aliphatic rings. The summed E-state index contributed by atoms with van der Waals surface area (Å²) in [7, 11) is -3.90. The van der Waals surface area contributed by atoms with Crippen molar-refractivity contribution in [3.63, 3.8) is 0 Å². The van der Waals surface area contributed by atoms with Gasteiger partial charge in [-0.15, -0.1) is 0 Å². The van der Waals surface area contributed by atoms with Gasteiger partial charge in [-0.25, -0.2) is 13.2 Å². The Bertz CT molecular complexity index is 1000. The van der Waals surface area contributed by atoms with E-state index in [1.165, 1.54) is 29.4 Å². The normalized spacial score (nSPS) is 14.4. The van der Waals surface area contributed by atoms with Gasteiger partial charge in [0.1, 0.15) is 11.5 Å². The summed E-state index contributed by atoms with van der Waals surface area (Å²) in [4.78, 5) is 22.9. The minimum atomic E-state index is -3.90. The standard InChI is InChI=1S/C19H18ClNO5S/c1-13(22)12-26-19(23)15-6-7-17(20)18(10-15)27(24,25)21-9-8-14-4-2-3-5-16(14)11-21/h2-7,10H,8-9,11-12H2,1H3. The maximum atomic E-state index is 13.1. The van der Waals surface area contributed by atoms with E-state index in [4.69, 9.17) is 16.3 Å². The van der Waals surface area contributed by atoms with Crippen molar-refractivity contribution in [3.8, 4) is 0 Å². The predicted molar refractivity (Wildman–Crippen MR) is 100 cm³/mol. The lowest BCUT2D eigenvalue weighted by molar-refractivity contribution is -0.120. The van der Waals surface area contributed by atoms with E-state index in [0.29, 0.717) is 13.0 Å². The van der Waals surface area contributed by atoms with Crippen molar-refractivity contribution in [1.29, 1.82) is 0 Å². The van der Waals surface area contributed by atoms with Crippen LogP contribution in [-0.2, 0) is 32.5 Å². The Morgan fingerprint density at radius 2 is 1.85 bits per heavy atom. The second-order valence-corrected chi connectivity index (χ2v) is 8.59. The average Bonchev–Trinajstić information content (AvgIpc) is 2.65. The van der Waals surface area contributed by atoms with E-state index in [1.807, 2.05) is 24.3 Å². The molecule has 3 rings (SSSR count). The summed E-state index contributed by atoms with van der Waals surface area (Å²) in [5, 5.41) is 0.0250. The molecule has 0 saturated heterocycles. The summed E-state index contributed by atoms with van der Waals surface area (Å²) in [6.45, 7) is 1.49. The monoisotopic (exact) mass is 407 g/mol. The van der Waals surface area contributed by atoms with Crippen LogP contribution in [-0.4, -0.2) is 37.6 Å². The Kier molecular flexibility index (Phi) is 5.64. The molecule has 0 aromatic heterocycles. The van der Waals surface area contributed by atoms with Crippen LogP contribution in [0.1, 0.15) is 28.4 Å². The lowest BCUT2D eigenvalue weighted by Gasteiger charge is -2.28. The Hall–Kier alpha value is -2.22. The highest BCUT2D eigenvalue weighted by Crippen LogP contribution is 2.30. The van der Waals surface area contributed by atoms with E-state index in [9.17, 15) is 18.0 Å². The van der Waals surface area contributed by atoms with E-state index in [1.54, 1.807) is 0 Å². The molecule has 2 aromatic carbocycles. The van der Waals surface area contributed by atoms with Gasteiger partial charge in [0.15, 0.2) is 5.78 Å². The Morgan fingerprint density at radius 1 is 1.15 bits per heavy atom. The highest BCUT2D eigenvalue weighted by Gasteiger charge is 2.30. The van der Waals surface area contributed by atoms with Gasteiger partial charge in [-0.05, 0) is 42.7 Å². The fourth-order valence-corrected chi connectivity index (χ4v) is 4.81. The molecule has 0 spiro atoms. The summed E-state index contributed by atoms with van der Waals surface area (Å²) in [6.07, 6.45) is 0.605. The molecule has 0 amide bonds. The van der Waals surface area contributed by atoms with Crippen LogP contribution in [0.15, 0.2) is 47.4 Å². The molecule has 0 fully saturated rings. The molecule has 0 atom stereocenters. The van der Waals surface area contributed by atoms with Crippen LogP contribution in [0.3, 0.4) is 0 Å². The zero-order chi connectivity index (χ0) is 19.6. The molecule has 0 saturated carbocycles. The van der Waals surface area contributed by atoms with E-state index < -0.39 is 16.0 Å². The SMILES string of the molecule is CC(=O)COC(=O)c1ccc(Cl)c(S(=O)(=O)N2CCc3ccccc3C2)c1. The van der Waals surface area contributed by atoms with Gasteiger partial charge in [0.05, 0.1) is 10.6 Å². The molecule has 2 aromatic rings. The van der Waals surface area contributed by atoms with Gasteiger partial charge in [0.2, 0.25) is 10.0 Å². The molecule has 0 aliphatic carbocycles. The zero-order valence-corrected chi connectivity index (χ0v) is 16.2. The highest BCUT2D eigenvalue weighted by atomic mass is 35.5. The lowest BCUT2D eigenvalue weighted by atomic mass is 10.0. The van der Waals surface area contributed by atoms with Crippen molar-refractivity contribution in [1.82, 2.24) is 4.31 Å². The van der Waals surface area contributed by atoms with Crippen LogP contribution >= 0.6 is 11.6 Å². The number of halogens is 1. The van der Waals surface area contributed by atoms with Crippen LogP contribution in [0.25, 0.3) is 0 Å². The molecule has 0 N–H and O–H groups in total. The van der Waals surface area contributed by atoms with Crippen molar-refractivity contribution in [3.05, 3.63) is 64.2 Å². The van der Waals surface area contributed by atoms with Crippen molar-refractivity contribution >= 4 is 33.4 Å². The third kappa shape index (κ3) is 4.21. The van der Waals surface area contributed by atoms with Crippen LogP contribution in [0.5, 0.6) is 0 Å². The van der Waals surface area contributed by atoms with E-state index in [-0.39, 0.29) is 34.4 Å². The van der Waals surface area contributed by atoms with Gasteiger partial charge in [-0.1, -0.05) is 35.9 Å². The first-order chi connectivity index (χ1) is 12.8. The van der Waals surface area contributed by atoms with Crippen LogP contribution in [0.4, 0.5) is 0 Å². The molecular formula is C19H18ClNO5S. The second kappa shape index (κ2) is 7.80. The third-order valence-corrected chi connectivity index (χ3v) is 6.61. The van der Waals surface area contributed by atoms with Gasteiger partial charge >= 0.3 is 5.97 Å². The largest absolute Gasteiger partial charge is 0.454 e. The molecule has 1 aliphatic heterocycles. The molecule has 27 heavy (non-hydrogen) atoms. The minimum absolute atomic E-state index is 0.0247. The number of esters is 1. The highest BCUT2D eigenvalue weighted by molar-refractivity contribution is 7.89. The van der Waals surface area contributed by atoms with Gasteiger partial charge in [-0.3, -0.25) is 4.79 Å². The number of hydrogen-bond acceptors (Lipinski definition) is 5. The zero-order valence-electron chi connectivity index (χ0n) is 14.6. The molecular weight excluding hydrogens is 390 g/mol. The fraction of sp³-hybridized carbons (Fsp3) is 0.263. The lowest BCUT2D eigenvalue weighted by Crippen LogP contribution is -2.36. The van der Waals surface area contributed by atoms with Crippen molar-refractivity contribution in [2.24, 2.45) is 0 Å². The summed E-state index contributed by atoms with van der Waals surface area (Å²) in [5.41, 5.74) is 2.09. The smallest absolute Gasteiger partial charge is 0.338 e. The number of ketones is 1. The van der Waals surface area contributed by atoms with Crippen molar-refractivity contribution in [2.45, 2.75) is 24.8 Å². The number of fused-ring (bicyclic) bond motifs is 1. The number of carbonyl (C=O) groups is 2. The Labute approximate surface area is 162 Å². The molecule has 8 heteroatoms.